The molecule has 0 aromatic heterocycles. The minimum Gasteiger partial charge on any atom is -0.480 e. The Bertz CT molecular complexity index is 674. The zero-order valence-electron chi connectivity index (χ0n) is 12.0. The number of carbonyl (C=O) groups is 1. The summed E-state index contributed by atoms with van der Waals surface area (Å²) >= 11 is 5.90. The van der Waals surface area contributed by atoms with Gasteiger partial charge in [-0.1, -0.05) is 17.7 Å². The van der Waals surface area contributed by atoms with Crippen molar-refractivity contribution in [2.24, 2.45) is 0 Å². The fourth-order valence-electron chi connectivity index (χ4n) is 2.67. The van der Waals surface area contributed by atoms with Crippen LogP contribution in [0.25, 0.3) is 0 Å². The normalized spacial score (nSPS) is 24.0. The molecule has 1 saturated heterocycles. The highest BCUT2D eigenvalue weighted by atomic mass is 35.5. The molecule has 1 heterocycles. The number of rotatable bonds is 3. The van der Waals surface area contributed by atoms with Crippen LogP contribution >= 0.6 is 11.6 Å². The molecule has 5 nitrogen and oxygen atoms in total. The first-order chi connectivity index (χ1) is 9.69. The van der Waals surface area contributed by atoms with Gasteiger partial charge in [-0.2, -0.15) is 4.31 Å². The first kappa shape index (κ1) is 16.3. The van der Waals surface area contributed by atoms with Crippen LogP contribution in [0.2, 0.25) is 5.02 Å². The second-order valence-electron chi connectivity index (χ2n) is 5.52. The highest BCUT2D eigenvalue weighted by Crippen LogP contribution is 2.35. The summed E-state index contributed by atoms with van der Waals surface area (Å²) < 4.78 is 26.9. The molecule has 1 aromatic carbocycles. The molecule has 0 spiro atoms. The van der Waals surface area contributed by atoms with Crippen LogP contribution in [0.4, 0.5) is 0 Å². The van der Waals surface area contributed by atoms with Crippen molar-refractivity contribution < 1.29 is 18.3 Å². The second kappa shape index (κ2) is 5.59. The van der Waals surface area contributed by atoms with Gasteiger partial charge in [0.25, 0.3) is 0 Å². The minimum atomic E-state index is -3.90. The Morgan fingerprint density at radius 1 is 1.38 bits per heavy atom. The molecule has 0 saturated carbocycles. The lowest BCUT2D eigenvalue weighted by molar-refractivity contribution is -0.149. The van der Waals surface area contributed by atoms with Crippen molar-refractivity contribution in [2.75, 3.05) is 6.54 Å². The maximum absolute atomic E-state index is 12.9. The monoisotopic (exact) mass is 331 g/mol. The fourth-order valence-corrected chi connectivity index (χ4v) is 4.96. The lowest BCUT2D eigenvalue weighted by Gasteiger charge is -2.40. The van der Waals surface area contributed by atoms with E-state index in [0.29, 0.717) is 29.8 Å². The Hall–Kier alpha value is -1.11. The summed E-state index contributed by atoms with van der Waals surface area (Å²) in [5.74, 6) is -1.12. The lowest BCUT2D eigenvalue weighted by atomic mass is 9.91. The SMILES string of the molecule is Cc1ccc(Cl)cc1S(=O)(=O)N1CCCCC1(C)C(=O)O. The number of aryl methyl sites for hydroxylation is 1. The van der Waals surface area contributed by atoms with E-state index < -0.39 is 21.5 Å². The van der Waals surface area contributed by atoms with Gasteiger partial charge in [0.05, 0.1) is 4.90 Å². The Kier molecular flexibility index (Phi) is 4.33. The number of halogens is 1. The molecule has 2 rings (SSSR count). The summed E-state index contributed by atoms with van der Waals surface area (Å²) in [5, 5.41) is 9.78. The van der Waals surface area contributed by atoms with Gasteiger partial charge in [0, 0.05) is 11.6 Å². The molecule has 21 heavy (non-hydrogen) atoms. The van der Waals surface area contributed by atoms with Crippen LogP contribution in [0, 0.1) is 6.92 Å². The van der Waals surface area contributed by atoms with Gasteiger partial charge >= 0.3 is 5.97 Å². The molecule has 1 unspecified atom stereocenters. The number of carboxylic acids is 1. The molecule has 116 valence electrons. The number of carboxylic acid groups (broad SMARTS) is 1. The molecule has 0 radical (unpaired) electrons. The smallest absolute Gasteiger partial charge is 0.324 e. The first-order valence-corrected chi connectivity index (χ1v) is 8.54. The molecule has 1 aromatic rings. The van der Waals surface area contributed by atoms with Crippen molar-refractivity contribution in [3.8, 4) is 0 Å². The van der Waals surface area contributed by atoms with Crippen molar-refractivity contribution in [2.45, 2.75) is 43.5 Å². The van der Waals surface area contributed by atoms with E-state index >= 15 is 0 Å². The molecule has 0 aliphatic carbocycles. The summed E-state index contributed by atoms with van der Waals surface area (Å²) in [7, 11) is -3.90. The third-order valence-electron chi connectivity index (χ3n) is 4.00. The maximum atomic E-state index is 12.9. The summed E-state index contributed by atoms with van der Waals surface area (Å²) in [6.45, 7) is 3.34. The molecule has 1 aliphatic rings. The van der Waals surface area contributed by atoms with Crippen LogP contribution in [0.15, 0.2) is 23.1 Å². The second-order valence-corrected chi connectivity index (χ2v) is 7.79. The predicted molar refractivity (Wildman–Crippen MR) is 80.0 cm³/mol. The molecule has 0 amide bonds. The standard InChI is InChI=1S/C14H18ClNO4S/c1-10-5-6-11(15)9-12(10)21(19,20)16-8-4-3-7-14(16,2)13(17)18/h5-6,9H,3-4,7-8H2,1-2H3,(H,17,18). The Labute approximate surface area is 129 Å². The maximum Gasteiger partial charge on any atom is 0.324 e. The van der Waals surface area contributed by atoms with Crippen LogP contribution in [-0.4, -0.2) is 35.9 Å². The van der Waals surface area contributed by atoms with Crippen molar-refractivity contribution in [3.63, 3.8) is 0 Å². The van der Waals surface area contributed by atoms with Crippen LogP contribution in [0.3, 0.4) is 0 Å². The molecule has 1 atom stereocenters. The van der Waals surface area contributed by atoms with Gasteiger partial charge in [0.1, 0.15) is 5.54 Å². The van der Waals surface area contributed by atoms with Crippen molar-refractivity contribution in [1.29, 1.82) is 0 Å². The summed E-state index contributed by atoms with van der Waals surface area (Å²) in [6, 6.07) is 4.61. The number of aliphatic carboxylic acids is 1. The fraction of sp³-hybridized carbons (Fsp3) is 0.500. The quantitative estimate of drug-likeness (QED) is 0.924. The van der Waals surface area contributed by atoms with E-state index in [1.54, 1.807) is 19.1 Å². The van der Waals surface area contributed by atoms with E-state index in [2.05, 4.69) is 0 Å². The van der Waals surface area contributed by atoms with Crippen LogP contribution in [0.1, 0.15) is 31.7 Å². The number of piperidine rings is 1. The summed E-state index contributed by atoms with van der Waals surface area (Å²) in [6.07, 6.45) is 1.66. The molecule has 1 aliphatic heterocycles. The van der Waals surface area contributed by atoms with Crippen LogP contribution in [0.5, 0.6) is 0 Å². The minimum absolute atomic E-state index is 0.0735. The third-order valence-corrected chi connectivity index (χ3v) is 6.40. The molecule has 1 fully saturated rings. The largest absolute Gasteiger partial charge is 0.480 e. The van der Waals surface area contributed by atoms with E-state index in [4.69, 9.17) is 11.6 Å². The summed E-state index contributed by atoms with van der Waals surface area (Å²) in [5.41, 5.74) is -0.857. The number of nitrogens with zero attached hydrogens (tertiary/aromatic N) is 1. The lowest BCUT2D eigenvalue weighted by Crippen LogP contribution is -2.57. The van der Waals surface area contributed by atoms with Gasteiger partial charge in [0.15, 0.2) is 0 Å². The zero-order valence-corrected chi connectivity index (χ0v) is 13.5. The van der Waals surface area contributed by atoms with E-state index in [0.717, 1.165) is 4.31 Å². The van der Waals surface area contributed by atoms with Crippen molar-refractivity contribution in [3.05, 3.63) is 28.8 Å². The zero-order chi connectivity index (χ0) is 15.8. The van der Waals surface area contributed by atoms with Gasteiger partial charge in [-0.3, -0.25) is 4.79 Å². The average molecular weight is 332 g/mol. The Morgan fingerprint density at radius 2 is 2.05 bits per heavy atom. The highest BCUT2D eigenvalue weighted by molar-refractivity contribution is 7.89. The Balaban J connectivity index is 2.56. The van der Waals surface area contributed by atoms with Gasteiger partial charge in [-0.05, 0) is 50.8 Å². The molecular formula is C14H18ClNO4S. The van der Waals surface area contributed by atoms with Gasteiger partial charge in [0.2, 0.25) is 10.0 Å². The summed E-state index contributed by atoms with van der Waals surface area (Å²) in [4.78, 5) is 11.7. The van der Waals surface area contributed by atoms with E-state index in [9.17, 15) is 18.3 Å². The Morgan fingerprint density at radius 3 is 2.67 bits per heavy atom. The van der Waals surface area contributed by atoms with Crippen LogP contribution < -0.4 is 0 Å². The van der Waals surface area contributed by atoms with E-state index in [1.807, 2.05) is 0 Å². The average Bonchev–Trinajstić information content (AvgIpc) is 2.41. The molecule has 0 bridgehead atoms. The first-order valence-electron chi connectivity index (χ1n) is 6.72. The van der Waals surface area contributed by atoms with E-state index in [1.165, 1.54) is 13.0 Å². The number of hydrogen-bond acceptors (Lipinski definition) is 3. The number of sulfonamides is 1. The molecule has 7 heteroatoms. The number of benzene rings is 1. The van der Waals surface area contributed by atoms with E-state index in [-0.39, 0.29) is 11.4 Å². The third kappa shape index (κ3) is 2.80. The molecular weight excluding hydrogens is 314 g/mol. The van der Waals surface area contributed by atoms with Crippen LogP contribution in [-0.2, 0) is 14.8 Å². The molecule has 1 N–H and O–H groups in total. The van der Waals surface area contributed by atoms with Gasteiger partial charge in [-0.25, -0.2) is 8.42 Å². The predicted octanol–water partition coefficient (Wildman–Crippen LogP) is 2.67. The topological polar surface area (TPSA) is 74.7 Å². The van der Waals surface area contributed by atoms with Gasteiger partial charge < -0.3 is 5.11 Å². The van der Waals surface area contributed by atoms with Gasteiger partial charge in [-0.15, -0.1) is 0 Å². The van der Waals surface area contributed by atoms with Crippen molar-refractivity contribution in [1.82, 2.24) is 4.31 Å². The highest BCUT2D eigenvalue weighted by Gasteiger charge is 2.48. The van der Waals surface area contributed by atoms with Crippen molar-refractivity contribution >= 4 is 27.6 Å². The number of hydrogen-bond donors (Lipinski definition) is 1.